The fourth-order valence-corrected chi connectivity index (χ4v) is 2.74. The highest BCUT2D eigenvalue weighted by Crippen LogP contribution is 2.20. The molecule has 0 unspecified atom stereocenters. The van der Waals surface area contributed by atoms with Gasteiger partial charge >= 0.3 is 0 Å². The number of carbonyl (C=O) groups is 1. The standard InChI is InChI=1S/C20H17ClFN3O/c1-13-4-2-5-14(10-13)11-23-15-8-9-18(24-12-15)25-20(26)19-16(21)6-3-7-17(19)22/h2-10,12,23H,11H2,1H3,(H,24,25,26). The summed E-state index contributed by atoms with van der Waals surface area (Å²) >= 11 is 5.90. The molecular formula is C20H17ClFN3O. The number of carbonyl (C=O) groups excluding carboxylic acids is 1. The van der Waals surface area contributed by atoms with Crippen LogP contribution in [0.5, 0.6) is 0 Å². The van der Waals surface area contributed by atoms with Gasteiger partial charge in [-0.25, -0.2) is 9.37 Å². The summed E-state index contributed by atoms with van der Waals surface area (Å²) in [5.74, 6) is -0.997. The summed E-state index contributed by atoms with van der Waals surface area (Å²) in [7, 11) is 0. The summed E-state index contributed by atoms with van der Waals surface area (Å²) < 4.78 is 13.8. The molecule has 132 valence electrons. The van der Waals surface area contributed by atoms with Crippen LogP contribution < -0.4 is 10.6 Å². The molecule has 0 saturated carbocycles. The SMILES string of the molecule is Cc1cccc(CNc2ccc(NC(=O)c3c(F)cccc3Cl)nc2)c1. The highest BCUT2D eigenvalue weighted by molar-refractivity contribution is 6.34. The van der Waals surface area contributed by atoms with Crippen LogP contribution in [0.15, 0.2) is 60.8 Å². The van der Waals surface area contributed by atoms with Gasteiger partial charge in [0.05, 0.1) is 22.5 Å². The lowest BCUT2D eigenvalue weighted by Crippen LogP contribution is -2.15. The number of aryl methyl sites for hydroxylation is 1. The number of halogens is 2. The zero-order valence-electron chi connectivity index (χ0n) is 14.1. The van der Waals surface area contributed by atoms with E-state index >= 15 is 0 Å². The van der Waals surface area contributed by atoms with Crippen LogP contribution in [0.2, 0.25) is 5.02 Å². The number of hydrogen-bond acceptors (Lipinski definition) is 3. The summed E-state index contributed by atoms with van der Waals surface area (Å²) in [5, 5.41) is 5.86. The summed E-state index contributed by atoms with van der Waals surface area (Å²) in [5.41, 5.74) is 2.98. The van der Waals surface area contributed by atoms with E-state index in [1.807, 2.05) is 25.1 Å². The second kappa shape index (κ2) is 7.97. The zero-order chi connectivity index (χ0) is 18.5. The van der Waals surface area contributed by atoms with Gasteiger partial charge in [-0.2, -0.15) is 0 Å². The number of hydrogen-bond donors (Lipinski definition) is 2. The van der Waals surface area contributed by atoms with Crippen LogP contribution >= 0.6 is 11.6 Å². The first-order valence-corrected chi connectivity index (χ1v) is 8.41. The Morgan fingerprint density at radius 2 is 1.96 bits per heavy atom. The molecule has 4 nitrogen and oxygen atoms in total. The largest absolute Gasteiger partial charge is 0.380 e. The van der Waals surface area contributed by atoms with E-state index in [1.165, 1.54) is 23.8 Å². The van der Waals surface area contributed by atoms with E-state index in [0.29, 0.717) is 12.4 Å². The van der Waals surface area contributed by atoms with Crippen LogP contribution in [0.1, 0.15) is 21.5 Å². The van der Waals surface area contributed by atoms with Crippen LogP contribution in [0, 0.1) is 12.7 Å². The number of pyridine rings is 1. The van der Waals surface area contributed by atoms with Gasteiger partial charge < -0.3 is 10.6 Å². The minimum Gasteiger partial charge on any atom is -0.380 e. The fraction of sp³-hybridized carbons (Fsp3) is 0.100. The molecule has 26 heavy (non-hydrogen) atoms. The van der Waals surface area contributed by atoms with Gasteiger partial charge in [0.15, 0.2) is 0 Å². The Hall–Kier alpha value is -2.92. The van der Waals surface area contributed by atoms with E-state index in [9.17, 15) is 9.18 Å². The molecule has 0 aliphatic carbocycles. The van der Waals surface area contributed by atoms with Gasteiger partial charge in [0.25, 0.3) is 5.91 Å². The zero-order valence-corrected chi connectivity index (χ0v) is 14.8. The minimum atomic E-state index is -0.675. The fourth-order valence-electron chi connectivity index (χ4n) is 2.49. The highest BCUT2D eigenvalue weighted by atomic mass is 35.5. The molecule has 0 aliphatic heterocycles. The maximum atomic E-state index is 13.8. The Kier molecular flexibility index (Phi) is 5.49. The molecule has 1 amide bonds. The lowest BCUT2D eigenvalue weighted by Gasteiger charge is -2.09. The van der Waals surface area contributed by atoms with Crippen molar-refractivity contribution in [3.63, 3.8) is 0 Å². The van der Waals surface area contributed by atoms with Crippen LogP contribution in [0.25, 0.3) is 0 Å². The topological polar surface area (TPSA) is 54.0 Å². The lowest BCUT2D eigenvalue weighted by atomic mass is 10.1. The van der Waals surface area contributed by atoms with Crippen molar-refractivity contribution in [1.82, 2.24) is 4.98 Å². The van der Waals surface area contributed by atoms with Gasteiger partial charge in [-0.05, 0) is 36.8 Å². The molecule has 2 aromatic carbocycles. The van der Waals surface area contributed by atoms with E-state index < -0.39 is 11.7 Å². The molecule has 0 spiro atoms. The maximum absolute atomic E-state index is 13.8. The van der Waals surface area contributed by atoms with E-state index in [-0.39, 0.29) is 10.6 Å². The van der Waals surface area contributed by atoms with Crippen molar-refractivity contribution < 1.29 is 9.18 Å². The number of nitrogens with one attached hydrogen (secondary N) is 2. The monoisotopic (exact) mass is 369 g/mol. The number of nitrogens with zero attached hydrogens (tertiary/aromatic N) is 1. The molecule has 0 saturated heterocycles. The first kappa shape index (κ1) is 17.9. The van der Waals surface area contributed by atoms with Crippen molar-refractivity contribution in [2.75, 3.05) is 10.6 Å². The van der Waals surface area contributed by atoms with Crippen molar-refractivity contribution in [2.45, 2.75) is 13.5 Å². The number of benzene rings is 2. The molecule has 0 fully saturated rings. The van der Waals surface area contributed by atoms with Crippen LogP contribution in [0.3, 0.4) is 0 Å². The van der Waals surface area contributed by atoms with Gasteiger partial charge in [0, 0.05) is 6.54 Å². The van der Waals surface area contributed by atoms with Gasteiger partial charge in [0.1, 0.15) is 11.6 Å². The first-order valence-electron chi connectivity index (χ1n) is 8.04. The predicted octanol–water partition coefficient (Wildman–Crippen LogP) is 5.05. The lowest BCUT2D eigenvalue weighted by molar-refractivity contribution is 0.102. The molecule has 3 rings (SSSR count). The summed E-state index contributed by atoms with van der Waals surface area (Å²) in [6.07, 6.45) is 1.61. The molecule has 3 aromatic rings. The first-order chi connectivity index (χ1) is 12.5. The summed E-state index contributed by atoms with van der Waals surface area (Å²) in [6.45, 7) is 2.71. The maximum Gasteiger partial charge on any atom is 0.261 e. The summed E-state index contributed by atoms with van der Waals surface area (Å²) in [4.78, 5) is 16.4. The van der Waals surface area contributed by atoms with Crippen molar-refractivity contribution in [2.24, 2.45) is 0 Å². The van der Waals surface area contributed by atoms with Crippen molar-refractivity contribution >= 4 is 29.0 Å². The van der Waals surface area contributed by atoms with Gasteiger partial charge in [-0.1, -0.05) is 47.5 Å². The predicted molar refractivity (Wildman–Crippen MR) is 102 cm³/mol. The molecule has 0 bridgehead atoms. The quantitative estimate of drug-likeness (QED) is 0.662. The normalized spacial score (nSPS) is 10.4. The molecule has 1 heterocycles. The van der Waals surface area contributed by atoms with Crippen molar-refractivity contribution in [1.29, 1.82) is 0 Å². The Morgan fingerprint density at radius 3 is 2.65 bits per heavy atom. The third-order valence-corrected chi connectivity index (χ3v) is 4.09. The Labute approximate surface area is 156 Å². The van der Waals surface area contributed by atoms with Gasteiger partial charge in [-0.15, -0.1) is 0 Å². The second-order valence-corrected chi connectivity index (χ2v) is 6.23. The average Bonchev–Trinajstić information content (AvgIpc) is 2.61. The van der Waals surface area contributed by atoms with E-state index in [1.54, 1.807) is 18.3 Å². The summed E-state index contributed by atoms with van der Waals surface area (Å²) in [6, 6.07) is 15.7. The third-order valence-electron chi connectivity index (χ3n) is 3.77. The number of anilines is 2. The molecule has 1 aromatic heterocycles. The average molecular weight is 370 g/mol. The second-order valence-electron chi connectivity index (χ2n) is 5.83. The molecule has 6 heteroatoms. The molecule has 0 atom stereocenters. The van der Waals surface area contributed by atoms with Gasteiger partial charge in [-0.3, -0.25) is 4.79 Å². The number of aromatic nitrogens is 1. The van der Waals surface area contributed by atoms with Gasteiger partial charge in [0.2, 0.25) is 0 Å². The van der Waals surface area contributed by atoms with Crippen LogP contribution in [-0.2, 0) is 6.54 Å². The molecule has 0 radical (unpaired) electrons. The van der Waals surface area contributed by atoms with E-state index in [4.69, 9.17) is 11.6 Å². The van der Waals surface area contributed by atoms with Crippen LogP contribution in [0.4, 0.5) is 15.9 Å². The Morgan fingerprint density at radius 1 is 1.15 bits per heavy atom. The molecule has 0 aliphatic rings. The Balaban J connectivity index is 1.63. The molecular weight excluding hydrogens is 353 g/mol. The minimum absolute atomic E-state index is 0.0546. The number of amides is 1. The smallest absolute Gasteiger partial charge is 0.261 e. The third kappa shape index (κ3) is 4.37. The van der Waals surface area contributed by atoms with Crippen LogP contribution in [-0.4, -0.2) is 10.9 Å². The van der Waals surface area contributed by atoms with E-state index in [2.05, 4.69) is 21.7 Å². The highest BCUT2D eigenvalue weighted by Gasteiger charge is 2.16. The number of rotatable bonds is 5. The molecule has 2 N–H and O–H groups in total. The van der Waals surface area contributed by atoms with Crippen molar-refractivity contribution in [3.8, 4) is 0 Å². The van der Waals surface area contributed by atoms with E-state index in [0.717, 1.165) is 11.3 Å². The van der Waals surface area contributed by atoms with Crippen molar-refractivity contribution in [3.05, 3.63) is 88.3 Å². The Bertz CT molecular complexity index is 908.